The number of nitrogens with two attached hydrogens (primary N) is 1. The molecule has 7 aliphatic rings. The van der Waals surface area contributed by atoms with Crippen LogP contribution in [-0.2, 0) is 52.3 Å². The minimum Gasteiger partial charge on any atom is -0.507 e. The van der Waals surface area contributed by atoms with Gasteiger partial charge in [-0.3, -0.25) is 29.0 Å². The van der Waals surface area contributed by atoms with Gasteiger partial charge >= 0.3 is 23.7 Å². The molecule has 2 aromatic carbocycles. The zero-order valence-corrected chi connectivity index (χ0v) is 72.9. The molecule has 34 heteroatoms. The summed E-state index contributed by atoms with van der Waals surface area (Å²) in [5.74, 6) is -15.2. The molecule has 9 rings (SSSR count). The molecule has 2 aromatic rings. The molecule has 1 amide bonds. The van der Waals surface area contributed by atoms with Crippen LogP contribution in [0.3, 0.4) is 0 Å². The van der Waals surface area contributed by atoms with Crippen molar-refractivity contribution in [3.63, 3.8) is 0 Å². The molecule has 3 fully saturated rings. The smallest absolute Gasteiger partial charge is 0.312 e. The lowest BCUT2D eigenvalue weighted by Crippen LogP contribution is -2.61. The summed E-state index contributed by atoms with van der Waals surface area (Å²) in [6.07, 6.45) is 8.41. The van der Waals surface area contributed by atoms with Crippen LogP contribution in [0.2, 0.25) is 0 Å². The highest BCUT2D eigenvalue weighted by Gasteiger charge is 2.53. The number of anilines is 1. The van der Waals surface area contributed by atoms with Crippen LogP contribution in [0.1, 0.15) is 149 Å². The first-order valence-corrected chi connectivity index (χ1v) is 42.1. The number of hydrogen-bond acceptors (Lipinski definition) is 32. The topological polar surface area (TPSA) is 540 Å². The Kier molecular flexibility index (Phi) is 38.6. The molecule has 0 aromatic heterocycles. The first-order chi connectivity index (χ1) is 58.3. The Morgan fingerprint density at radius 3 is 1.82 bits per heavy atom. The highest BCUT2D eigenvalue weighted by atomic mass is 16.7. The van der Waals surface area contributed by atoms with E-state index in [1.807, 2.05) is 20.0 Å². The van der Waals surface area contributed by atoms with E-state index in [9.17, 15) is 106 Å². The molecule has 7 bridgehead atoms. The monoisotopic (exact) mass is 1750 g/mol. The average Bonchev–Trinajstić information content (AvgIpc) is 1.41. The van der Waals surface area contributed by atoms with Crippen LogP contribution < -0.4 is 15.8 Å². The zero-order chi connectivity index (χ0) is 92.1. The Bertz CT molecular complexity index is 4270. The van der Waals surface area contributed by atoms with Gasteiger partial charge < -0.3 is 136 Å². The van der Waals surface area contributed by atoms with Gasteiger partial charge in [-0.1, -0.05) is 145 Å². The number of carbonyl (C=O) groups is 5. The van der Waals surface area contributed by atoms with E-state index in [1.165, 1.54) is 72.4 Å². The van der Waals surface area contributed by atoms with E-state index in [-0.39, 0.29) is 76.1 Å². The van der Waals surface area contributed by atoms with Crippen LogP contribution in [0.15, 0.2) is 126 Å². The van der Waals surface area contributed by atoms with Gasteiger partial charge in [0.1, 0.15) is 41.5 Å². The van der Waals surface area contributed by atoms with Crippen molar-refractivity contribution in [3.05, 3.63) is 138 Å². The van der Waals surface area contributed by atoms with E-state index in [1.54, 1.807) is 132 Å². The molecule has 19 N–H and O–H groups in total. The molecular formula is C90H131N5O29. The summed E-state index contributed by atoms with van der Waals surface area (Å²) in [6.45, 7) is 21.8. The van der Waals surface area contributed by atoms with Crippen molar-refractivity contribution in [3.8, 4) is 23.0 Å². The van der Waals surface area contributed by atoms with E-state index in [2.05, 4.69) is 15.3 Å². The van der Waals surface area contributed by atoms with Gasteiger partial charge in [0.15, 0.2) is 17.8 Å². The maximum Gasteiger partial charge on any atom is 0.312 e. The van der Waals surface area contributed by atoms with Crippen molar-refractivity contribution in [1.29, 1.82) is 0 Å². The summed E-state index contributed by atoms with van der Waals surface area (Å²) in [7, 11) is 3.42. The van der Waals surface area contributed by atoms with Gasteiger partial charge in [0.05, 0.1) is 133 Å². The maximum atomic E-state index is 14.4. The Morgan fingerprint density at radius 1 is 0.637 bits per heavy atom. The third-order valence-electron chi connectivity index (χ3n) is 23.9. The Labute approximate surface area is 723 Å². The summed E-state index contributed by atoms with van der Waals surface area (Å²) in [6, 6.07) is -1.14. The number of carboxylic acids is 1. The summed E-state index contributed by atoms with van der Waals surface area (Å²) in [4.78, 5) is 67.7. The number of benzene rings is 2. The Hall–Kier alpha value is -8.60. The van der Waals surface area contributed by atoms with Crippen LogP contribution in [0.4, 0.5) is 5.69 Å². The third kappa shape index (κ3) is 27.2. The first kappa shape index (κ1) is 102. The number of hydrazone groups is 1. The number of aliphatic hydroxyl groups excluding tert-OH is 11. The average molecular weight is 1750 g/mol. The van der Waals surface area contributed by atoms with E-state index in [0.717, 1.165) is 13.1 Å². The number of nitrogens with zero attached hydrogens (tertiary/aromatic N) is 3. The molecule has 0 aliphatic carbocycles. The second-order valence-electron chi connectivity index (χ2n) is 33.7. The predicted molar refractivity (Wildman–Crippen MR) is 457 cm³/mol. The molecule has 0 unspecified atom stereocenters. The fourth-order valence-corrected chi connectivity index (χ4v) is 15.9. The van der Waals surface area contributed by atoms with Gasteiger partial charge in [-0.25, -0.2) is 0 Å². The van der Waals surface area contributed by atoms with Gasteiger partial charge in [0.25, 0.3) is 11.7 Å². The number of aromatic hydroxyl groups is 3. The number of aliphatic hydroxyl groups is 12. The van der Waals surface area contributed by atoms with E-state index in [4.69, 9.17) is 43.6 Å². The molecular weight excluding hydrogens is 1610 g/mol. The van der Waals surface area contributed by atoms with Gasteiger partial charge in [-0.05, 0) is 60.1 Å². The highest BCUT2D eigenvalue weighted by Crippen LogP contribution is 2.55. The number of ether oxygens (including phenoxy) is 8. The van der Waals surface area contributed by atoms with E-state index in [0.29, 0.717) is 13.1 Å². The second-order valence-corrected chi connectivity index (χ2v) is 33.7. The number of methoxy groups -OCH3 is 1. The van der Waals surface area contributed by atoms with Crippen LogP contribution in [0, 0.1) is 48.3 Å². The molecule has 28 atom stereocenters. The van der Waals surface area contributed by atoms with Crippen LogP contribution in [-0.4, -0.2) is 295 Å². The lowest BCUT2D eigenvalue weighted by molar-refractivity contribution is -0.308. The van der Waals surface area contributed by atoms with Crippen molar-refractivity contribution in [2.75, 3.05) is 45.7 Å². The number of fused-ring (bicyclic) bond motifs is 16. The number of amides is 1. The molecule has 7 aliphatic heterocycles. The number of carbonyl (C=O) groups excluding carboxylic acids is 4. The lowest BCUT2D eigenvalue weighted by Gasteiger charge is -2.45. The molecule has 690 valence electrons. The van der Waals surface area contributed by atoms with Gasteiger partial charge in [-0.15, -0.1) is 0 Å². The number of hydrogen-bond donors (Lipinski definition) is 18. The standard InChI is InChI=1S/C47H73NO17.C43H58N4O12/c1-27-17-15-13-11-9-7-5-6-8-10-12-14-16-18-34(64-46-44(58)41(48)43(57)30(4)63-46)24-38-40(45(59)60)37(54)26-47(61,65-38)25-33(51)21-31(49)19-20-35(52)36(53)22-32(50)23-39(55)62-29(3)28(2)42(27)56;1-21-12-11-13-22(2)42(55)45-33-28(20-44-47-17-15-46(9)16-18-47)37(52)30-31(38(33)53)36(51)26(6)40-32(30)41(54)43(8,59-40)57-19-14-29(56-10)23(3)39(58-27(7)48)25(5)35(50)24(4)34(21)49/h5-18,27-38,40-44,46,49-54,56-58,61H,19-26,48H2,1-4H3,(H,59,60);11-14,19-21,23-25,29,34-35,39,49-53H,15-18H2,1-10H3,(H,45,55)/b6-5+,9-7+,10-8+,13-11+,14-12+,17-15+,18-16+;12-11+,19-14+,22-13-,44-20+/t27-,28+,29-,30+,31-,32+,33-,34-,35-,36-,37-,38-,40+,41-,42+,43+,44-,46-,47+;21-,23+,24+,25+,29-,34-,35+,39+,43-/m00/s1. The number of carboxylic acid groups (broad SMARTS) is 1. The molecule has 3 saturated heterocycles. The van der Waals surface area contributed by atoms with Crippen molar-refractivity contribution in [2.24, 2.45) is 52.3 Å². The highest BCUT2D eigenvalue weighted by molar-refractivity contribution is 6.24. The predicted octanol–water partition coefficient (Wildman–Crippen LogP) is 5.05. The third-order valence-corrected chi connectivity index (χ3v) is 23.9. The SMILES string of the molecule is CO[C@H]1/C=C/O[C@@]2(C)Oc3c(C)c(O)c4c(O)c(c(/C=N/N5CCN(C)CC5)c(O)c4c3C2=O)NC(=O)/C(C)=C\C=C\[C@H](C)[C@H](O)[C@@H](C)[C@@H](O)[C@@H](C)[C@H](OC(C)=O)[C@@H]1C.C[C@H]1[C@H](O)[C@@H](C)/C=C/C=C/C=C/C=C/C=C/C=C/C=C/[C@H](O[C@@H]2O[C@H](C)[C@@H](O)[C@H](N)[C@@H]2O)C[C@@H]2O[C@](O)(C[C@@H](O)C[C@@H](O)CC[C@H](O)[C@@H](O)C[C@@H](O)CC(=O)O[C@H]1C)C[C@H](O)[C@H]2C(=O)O. The number of rotatable bonds is 7. The van der Waals surface area contributed by atoms with Crippen molar-refractivity contribution in [2.45, 2.75) is 262 Å². The van der Waals surface area contributed by atoms with Crippen molar-refractivity contribution < 1.29 is 144 Å². The number of piperazine rings is 1. The number of esters is 2. The number of aliphatic carboxylic acids is 1. The fraction of sp³-hybridized carbons (Fsp3) is 0.600. The molecule has 7 heterocycles. The largest absolute Gasteiger partial charge is 0.507 e. The van der Waals surface area contributed by atoms with Crippen molar-refractivity contribution >= 4 is 52.3 Å². The number of phenolic OH excluding ortho intramolecular Hbond substituents is 3. The Balaban J connectivity index is 0.000000342. The summed E-state index contributed by atoms with van der Waals surface area (Å²) < 4.78 is 46.7. The fourth-order valence-electron chi connectivity index (χ4n) is 15.9. The van der Waals surface area contributed by atoms with Crippen molar-refractivity contribution in [1.82, 2.24) is 9.91 Å². The first-order valence-electron chi connectivity index (χ1n) is 42.1. The number of ketones is 1. The summed E-state index contributed by atoms with van der Waals surface area (Å²) in [5, 5.41) is 185. The number of allylic oxidation sites excluding steroid dienone is 14. The lowest BCUT2D eigenvalue weighted by atomic mass is 9.78. The van der Waals surface area contributed by atoms with E-state index < -0.39 is 236 Å². The van der Waals surface area contributed by atoms with Crippen LogP contribution in [0.25, 0.3) is 10.8 Å². The number of phenols is 3. The van der Waals surface area contributed by atoms with Crippen LogP contribution in [0.5, 0.6) is 23.0 Å². The zero-order valence-electron chi connectivity index (χ0n) is 72.9. The number of likely N-dealkylation sites (N-methyl/N-ethyl adjacent to an activating group) is 1. The number of cyclic esters (lactones) is 1. The van der Waals surface area contributed by atoms with Gasteiger partial charge in [0.2, 0.25) is 0 Å². The van der Waals surface area contributed by atoms with E-state index >= 15 is 0 Å². The minimum absolute atomic E-state index is 0.0559. The molecule has 0 radical (unpaired) electrons. The molecule has 34 nitrogen and oxygen atoms in total. The minimum atomic E-state index is -2.29. The molecule has 0 saturated carbocycles. The van der Waals surface area contributed by atoms with Gasteiger partial charge in [0, 0.05) is 125 Å². The van der Waals surface area contributed by atoms with Crippen LogP contribution >= 0.6 is 0 Å². The summed E-state index contributed by atoms with van der Waals surface area (Å²) in [5.41, 5.74) is 5.67. The summed E-state index contributed by atoms with van der Waals surface area (Å²) >= 11 is 0. The maximum absolute atomic E-state index is 14.4. The molecule has 124 heavy (non-hydrogen) atoms. The number of Topliss-reactive ketones (excluding diaryl/α,β-unsaturated/α-hetero) is 1. The van der Waals surface area contributed by atoms with Gasteiger partial charge in [-0.2, -0.15) is 5.10 Å². The number of nitrogens with one attached hydrogen (secondary N) is 1. The molecule has 0 spiro atoms. The second kappa shape index (κ2) is 46.7. The normalized spacial score (nSPS) is 39.1. The quantitative estimate of drug-likeness (QED) is 0.0746. The Morgan fingerprint density at radius 2 is 1.23 bits per heavy atom.